The summed E-state index contributed by atoms with van der Waals surface area (Å²) in [4.78, 5) is 35.0. The van der Waals surface area contributed by atoms with E-state index >= 15 is 0 Å². The highest BCUT2D eigenvalue weighted by atomic mass is 16.5. The van der Waals surface area contributed by atoms with Crippen molar-refractivity contribution in [2.75, 3.05) is 12.4 Å². The lowest BCUT2D eigenvalue weighted by atomic mass is 10.1. The lowest BCUT2D eigenvalue weighted by Crippen LogP contribution is -2.38. The van der Waals surface area contributed by atoms with Crippen LogP contribution in [0.3, 0.4) is 0 Å². The number of aryl methyl sites for hydroxylation is 1. The van der Waals surface area contributed by atoms with Crippen molar-refractivity contribution in [1.29, 1.82) is 0 Å². The fourth-order valence-electron chi connectivity index (χ4n) is 2.47. The highest BCUT2D eigenvalue weighted by Crippen LogP contribution is 2.21. The van der Waals surface area contributed by atoms with Crippen molar-refractivity contribution in [3.63, 3.8) is 0 Å². The zero-order chi connectivity index (χ0) is 20.0. The normalized spacial score (nSPS) is 11.4. The second-order valence-corrected chi connectivity index (χ2v) is 6.15. The zero-order valence-electron chi connectivity index (χ0n) is 15.4. The summed E-state index contributed by atoms with van der Waals surface area (Å²) in [5.41, 5.74) is 2.66. The molecule has 1 unspecified atom stereocenters. The van der Waals surface area contributed by atoms with Crippen LogP contribution in [-0.4, -0.2) is 36.0 Å². The summed E-state index contributed by atoms with van der Waals surface area (Å²) in [6, 6.07) is 10.9. The number of carboxylic acids is 1. The van der Waals surface area contributed by atoms with E-state index in [4.69, 9.17) is 9.84 Å². The number of ether oxygens (including phenoxy) is 1. The minimum Gasteiger partial charge on any atom is -0.496 e. The van der Waals surface area contributed by atoms with Crippen LogP contribution in [0.1, 0.15) is 28.4 Å². The first-order valence-corrected chi connectivity index (χ1v) is 8.37. The van der Waals surface area contributed by atoms with Crippen LogP contribution in [0.2, 0.25) is 0 Å². The summed E-state index contributed by atoms with van der Waals surface area (Å²) in [7, 11) is 1.56. The number of aliphatic carboxylic acids is 1. The van der Waals surface area contributed by atoms with Crippen LogP contribution >= 0.6 is 0 Å². The summed E-state index contributed by atoms with van der Waals surface area (Å²) in [5, 5.41) is 14.0. The van der Waals surface area contributed by atoms with Gasteiger partial charge in [-0.1, -0.05) is 17.7 Å². The molecule has 0 aliphatic heterocycles. The van der Waals surface area contributed by atoms with Gasteiger partial charge in [0, 0.05) is 16.8 Å². The Morgan fingerprint density at radius 3 is 2.37 bits per heavy atom. The molecule has 2 aromatic rings. The number of hydrogen-bond donors (Lipinski definition) is 3. The van der Waals surface area contributed by atoms with E-state index in [-0.39, 0.29) is 12.3 Å². The smallest absolute Gasteiger partial charge is 0.325 e. The maximum atomic E-state index is 12.3. The lowest BCUT2D eigenvalue weighted by molar-refractivity contribution is -0.138. The Morgan fingerprint density at radius 1 is 1.11 bits per heavy atom. The number of hydrogen-bond acceptors (Lipinski definition) is 4. The molecular weight excluding hydrogens is 348 g/mol. The van der Waals surface area contributed by atoms with Crippen LogP contribution in [-0.2, 0) is 16.0 Å². The van der Waals surface area contributed by atoms with E-state index in [1.165, 1.54) is 19.1 Å². The standard InChI is InChI=1S/C20H22N2O5/c1-12-4-9-17(27-3)15(10-12)11-18(23)22-16-7-5-14(6-8-16)19(24)21-13(2)20(25)26/h4-10,13H,11H2,1-3H3,(H,21,24)(H,22,23)(H,25,26). The van der Waals surface area contributed by atoms with Crippen molar-refractivity contribution in [3.8, 4) is 5.75 Å². The Kier molecular flexibility index (Phi) is 6.54. The van der Waals surface area contributed by atoms with Crippen LogP contribution in [0.4, 0.5) is 5.69 Å². The number of rotatable bonds is 7. The highest BCUT2D eigenvalue weighted by Gasteiger charge is 2.15. The predicted octanol–water partition coefficient (Wildman–Crippen LogP) is 2.39. The number of carbonyl (C=O) groups excluding carboxylic acids is 2. The monoisotopic (exact) mass is 370 g/mol. The van der Waals surface area contributed by atoms with Crippen molar-refractivity contribution < 1.29 is 24.2 Å². The quantitative estimate of drug-likeness (QED) is 0.694. The first-order valence-electron chi connectivity index (χ1n) is 8.37. The third-order valence-corrected chi connectivity index (χ3v) is 3.94. The number of nitrogens with one attached hydrogen (secondary N) is 2. The van der Waals surface area contributed by atoms with Gasteiger partial charge < -0.3 is 20.5 Å². The molecule has 0 saturated heterocycles. The molecular formula is C20H22N2O5. The molecule has 0 fully saturated rings. The molecule has 0 bridgehead atoms. The number of amides is 2. The number of carbonyl (C=O) groups is 3. The fourth-order valence-corrected chi connectivity index (χ4v) is 2.47. The third kappa shape index (κ3) is 5.57. The molecule has 0 aromatic heterocycles. The number of methoxy groups -OCH3 is 1. The molecule has 142 valence electrons. The molecule has 0 saturated carbocycles. The van der Waals surface area contributed by atoms with Crippen LogP contribution in [0.25, 0.3) is 0 Å². The highest BCUT2D eigenvalue weighted by molar-refractivity contribution is 5.97. The Bertz CT molecular complexity index is 846. The van der Waals surface area contributed by atoms with E-state index in [0.717, 1.165) is 11.1 Å². The van der Waals surface area contributed by atoms with Gasteiger partial charge in [0.1, 0.15) is 11.8 Å². The van der Waals surface area contributed by atoms with Gasteiger partial charge in [-0.25, -0.2) is 0 Å². The van der Waals surface area contributed by atoms with Crippen molar-refractivity contribution in [2.24, 2.45) is 0 Å². The van der Waals surface area contributed by atoms with Crippen LogP contribution in [0.5, 0.6) is 5.75 Å². The van der Waals surface area contributed by atoms with Crippen LogP contribution < -0.4 is 15.4 Å². The molecule has 2 aromatic carbocycles. The first kappa shape index (κ1) is 20.0. The van der Waals surface area contributed by atoms with Gasteiger partial charge in [-0.2, -0.15) is 0 Å². The van der Waals surface area contributed by atoms with Gasteiger partial charge in [-0.15, -0.1) is 0 Å². The van der Waals surface area contributed by atoms with E-state index < -0.39 is 17.9 Å². The average molecular weight is 370 g/mol. The largest absolute Gasteiger partial charge is 0.496 e. The second kappa shape index (κ2) is 8.84. The van der Waals surface area contributed by atoms with Crippen molar-refractivity contribution in [3.05, 3.63) is 59.2 Å². The first-order chi connectivity index (χ1) is 12.8. The maximum absolute atomic E-state index is 12.3. The molecule has 0 radical (unpaired) electrons. The average Bonchev–Trinajstić information content (AvgIpc) is 2.62. The summed E-state index contributed by atoms with van der Waals surface area (Å²) in [5.74, 6) is -1.17. The third-order valence-electron chi connectivity index (χ3n) is 3.94. The van der Waals surface area contributed by atoms with Gasteiger partial charge in [0.15, 0.2) is 0 Å². The molecule has 2 amide bonds. The second-order valence-electron chi connectivity index (χ2n) is 6.15. The van der Waals surface area contributed by atoms with E-state index in [1.807, 2.05) is 25.1 Å². The molecule has 1 atom stereocenters. The Morgan fingerprint density at radius 2 is 1.78 bits per heavy atom. The number of anilines is 1. The molecule has 0 spiro atoms. The van der Waals surface area contributed by atoms with Gasteiger partial charge >= 0.3 is 5.97 Å². The minimum absolute atomic E-state index is 0.156. The van der Waals surface area contributed by atoms with Gasteiger partial charge in [-0.05, 0) is 44.2 Å². The fraction of sp³-hybridized carbons (Fsp3) is 0.250. The topological polar surface area (TPSA) is 105 Å². The van der Waals surface area contributed by atoms with E-state index in [0.29, 0.717) is 17.0 Å². The van der Waals surface area contributed by atoms with E-state index in [1.54, 1.807) is 19.2 Å². The number of carboxylic acid groups (broad SMARTS) is 1. The summed E-state index contributed by atoms with van der Waals surface area (Å²) in [6.07, 6.45) is 0.156. The van der Waals surface area contributed by atoms with Gasteiger partial charge in [0.25, 0.3) is 5.91 Å². The molecule has 7 nitrogen and oxygen atoms in total. The summed E-state index contributed by atoms with van der Waals surface area (Å²) >= 11 is 0. The van der Waals surface area contributed by atoms with E-state index in [2.05, 4.69) is 10.6 Å². The van der Waals surface area contributed by atoms with Crippen molar-refractivity contribution in [1.82, 2.24) is 5.32 Å². The molecule has 0 aliphatic rings. The Hall–Kier alpha value is -3.35. The van der Waals surface area contributed by atoms with Gasteiger partial charge in [0.2, 0.25) is 5.91 Å². The zero-order valence-corrected chi connectivity index (χ0v) is 15.4. The maximum Gasteiger partial charge on any atom is 0.325 e. The molecule has 3 N–H and O–H groups in total. The Balaban J connectivity index is 2.00. The molecule has 7 heteroatoms. The van der Waals surface area contributed by atoms with Crippen LogP contribution in [0.15, 0.2) is 42.5 Å². The molecule has 2 rings (SSSR count). The lowest BCUT2D eigenvalue weighted by Gasteiger charge is -2.11. The number of benzene rings is 2. The molecule has 27 heavy (non-hydrogen) atoms. The van der Waals surface area contributed by atoms with Gasteiger partial charge in [0.05, 0.1) is 13.5 Å². The van der Waals surface area contributed by atoms with Crippen LogP contribution in [0, 0.1) is 6.92 Å². The summed E-state index contributed by atoms with van der Waals surface area (Å²) < 4.78 is 5.28. The molecule has 0 aliphatic carbocycles. The summed E-state index contributed by atoms with van der Waals surface area (Å²) in [6.45, 7) is 3.32. The van der Waals surface area contributed by atoms with E-state index in [9.17, 15) is 14.4 Å². The van der Waals surface area contributed by atoms with Crippen molar-refractivity contribution in [2.45, 2.75) is 26.3 Å². The minimum atomic E-state index is -1.11. The Labute approximate surface area is 157 Å². The molecule has 0 heterocycles. The predicted molar refractivity (Wildman–Crippen MR) is 101 cm³/mol. The van der Waals surface area contributed by atoms with Gasteiger partial charge in [-0.3, -0.25) is 14.4 Å². The van der Waals surface area contributed by atoms with Crippen molar-refractivity contribution >= 4 is 23.5 Å². The SMILES string of the molecule is COc1ccc(C)cc1CC(=O)Nc1ccc(C(=O)NC(C)C(=O)O)cc1.